The van der Waals surface area contributed by atoms with E-state index < -0.39 is 11.9 Å². The molecule has 1 aromatic heterocycles. The normalized spacial score (nSPS) is 10.0. The molecule has 0 atom stereocenters. The number of rotatable bonds is 7. The largest absolute Gasteiger partial charge is 0.484 e. The van der Waals surface area contributed by atoms with Crippen LogP contribution in [0, 0.1) is 0 Å². The Morgan fingerprint density at radius 1 is 1.04 bits per heavy atom. The number of ether oxygens (including phenoxy) is 3. The van der Waals surface area contributed by atoms with E-state index in [2.05, 4.69) is 14.8 Å². The van der Waals surface area contributed by atoms with Crippen LogP contribution in [0.4, 0.5) is 0 Å². The van der Waals surface area contributed by atoms with Crippen molar-refractivity contribution in [3.63, 3.8) is 0 Å². The summed E-state index contributed by atoms with van der Waals surface area (Å²) in [6.07, 6.45) is 1.50. The number of carbonyl (C=O) groups excluding carboxylic acids is 3. The number of nitrogens with one attached hydrogen (secondary N) is 1. The van der Waals surface area contributed by atoms with E-state index in [4.69, 9.17) is 9.15 Å². The first-order chi connectivity index (χ1) is 12.0. The monoisotopic (exact) mass is 347 g/mol. The van der Waals surface area contributed by atoms with Gasteiger partial charge in [-0.15, -0.1) is 0 Å². The Bertz CT molecular complexity index is 718. The minimum Gasteiger partial charge on any atom is -0.484 e. The molecule has 8 nitrogen and oxygen atoms in total. The first-order valence-corrected chi connectivity index (χ1v) is 7.27. The van der Waals surface area contributed by atoms with Crippen molar-refractivity contribution >= 4 is 17.8 Å². The SMILES string of the molecule is COC(=O)c1cc(OCC(=O)NCc2ccco2)cc(C(=O)OC)c1. The van der Waals surface area contributed by atoms with Crippen LogP contribution >= 0.6 is 0 Å². The highest BCUT2D eigenvalue weighted by atomic mass is 16.5. The van der Waals surface area contributed by atoms with E-state index in [1.165, 1.54) is 38.7 Å². The number of benzene rings is 1. The molecule has 0 saturated carbocycles. The van der Waals surface area contributed by atoms with Crippen molar-refractivity contribution in [3.8, 4) is 5.75 Å². The van der Waals surface area contributed by atoms with Gasteiger partial charge in [0, 0.05) is 0 Å². The van der Waals surface area contributed by atoms with Gasteiger partial charge in [0.25, 0.3) is 5.91 Å². The Morgan fingerprint density at radius 3 is 2.20 bits per heavy atom. The molecule has 1 N–H and O–H groups in total. The zero-order chi connectivity index (χ0) is 18.2. The molecule has 0 aliphatic carbocycles. The van der Waals surface area contributed by atoms with E-state index in [1.807, 2.05) is 0 Å². The third-order valence-corrected chi connectivity index (χ3v) is 3.16. The van der Waals surface area contributed by atoms with Crippen molar-refractivity contribution < 1.29 is 33.0 Å². The topological polar surface area (TPSA) is 104 Å². The van der Waals surface area contributed by atoms with Gasteiger partial charge in [0.1, 0.15) is 11.5 Å². The Labute approximate surface area is 143 Å². The highest BCUT2D eigenvalue weighted by Crippen LogP contribution is 2.19. The number of esters is 2. The van der Waals surface area contributed by atoms with Crippen LogP contribution in [0.3, 0.4) is 0 Å². The molecule has 2 aromatic rings. The molecule has 0 saturated heterocycles. The van der Waals surface area contributed by atoms with Crippen molar-refractivity contribution in [1.82, 2.24) is 5.32 Å². The molecule has 1 aromatic carbocycles. The van der Waals surface area contributed by atoms with E-state index in [9.17, 15) is 14.4 Å². The van der Waals surface area contributed by atoms with E-state index in [1.54, 1.807) is 12.1 Å². The smallest absolute Gasteiger partial charge is 0.338 e. The van der Waals surface area contributed by atoms with Crippen molar-refractivity contribution in [2.75, 3.05) is 20.8 Å². The van der Waals surface area contributed by atoms with Crippen molar-refractivity contribution in [3.05, 3.63) is 53.5 Å². The lowest BCUT2D eigenvalue weighted by atomic mass is 10.1. The van der Waals surface area contributed by atoms with Crippen molar-refractivity contribution in [1.29, 1.82) is 0 Å². The molecule has 0 spiro atoms. The molecule has 25 heavy (non-hydrogen) atoms. The summed E-state index contributed by atoms with van der Waals surface area (Å²) in [5.74, 6) is -0.902. The molecular weight excluding hydrogens is 330 g/mol. The lowest BCUT2D eigenvalue weighted by Gasteiger charge is -2.10. The number of hydrogen-bond acceptors (Lipinski definition) is 7. The lowest BCUT2D eigenvalue weighted by molar-refractivity contribution is -0.123. The fourth-order valence-electron chi connectivity index (χ4n) is 1.95. The highest BCUT2D eigenvalue weighted by molar-refractivity contribution is 5.96. The molecule has 1 amide bonds. The van der Waals surface area contributed by atoms with Crippen LogP contribution in [-0.2, 0) is 20.8 Å². The fourth-order valence-corrected chi connectivity index (χ4v) is 1.95. The van der Waals surface area contributed by atoms with E-state index in [-0.39, 0.29) is 35.9 Å². The number of furan rings is 1. The summed E-state index contributed by atoms with van der Waals surface area (Å²) in [5.41, 5.74) is 0.216. The van der Waals surface area contributed by atoms with Crippen molar-refractivity contribution in [2.45, 2.75) is 6.54 Å². The Morgan fingerprint density at radius 2 is 1.68 bits per heavy atom. The standard InChI is InChI=1S/C17H17NO7/c1-22-16(20)11-6-12(17(21)23-2)8-14(7-11)25-10-15(19)18-9-13-4-3-5-24-13/h3-8H,9-10H2,1-2H3,(H,18,19). The molecule has 2 rings (SSSR count). The summed E-state index contributed by atoms with van der Waals surface area (Å²) in [5, 5.41) is 2.61. The van der Waals surface area contributed by atoms with Crippen LogP contribution in [0.1, 0.15) is 26.5 Å². The molecule has 132 valence electrons. The third kappa shape index (κ3) is 5.10. The molecule has 0 unspecified atom stereocenters. The van der Waals surface area contributed by atoms with E-state index >= 15 is 0 Å². The van der Waals surface area contributed by atoms with Crippen LogP contribution in [0.15, 0.2) is 41.0 Å². The first-order valence-electron chi connectivity index (χ1n) is 7.27. The summed E-state index contributed by atoms with van der Waals surface area (Å²) in [6.45, 7) is -0.0727. The van der Waals surface area contributed by atoms with Crippen LogP contribution in [-0.4, -0.2) is 38.7 Å². The zero-order valence-electron chi connectivity index (χ0n) is 13.7. The van der Waals surface area contributed by atoms with Gasteiger partial charge in [0.2, 0.25) is 0 Å². The van der Waals surface area contributed by atoms with Gasteiger partial charge >= 0.3 is 11.9 Å². The third-order valence-electron chi connectivity index (χ3n) is 3.16. The molecule has 8 heteroatoms. The quantitative estimate of drug-likeness (QED) is 0.758. The maximum absolute atomic E-state index is 11.8. The summed E-state index contributed by atoms with van der Waals surface area (Å²) >= 11 is 0. The molecule has 1 heterocycles. The van der Waals surface area contributed by atoms with Gasteiger partial charge in [-0.05, 0) is 30.3 Å². The molecular formula is C17H17NO7. The minimum absolute atomic E-state index is 0.108. The first kappa shape index (κ1) is 18.1. The molecule has 0 radical (unpaired) electrons. The van der Waals surface area contributed by atoms with Crippen LogP contribution in [0.5, 0.6) is 5.75 Å². The Balaban J connectivity index is 2.03. The molecule has 0 bridgehead atoms. The average molecular weight is 347 g/mol. The van der Waals surface area contributed by atoms with Gasteiger partial charge < -0.3 is 23.9 Å². The van der Waals surface area contributed by atoms with Gasteiger partial charge in [0.15, 0.2) is 6.61 Å². The van der Waals surface area contributed by atoms with Gasteiger partial charge in [0.05, 0.1) is 38.2 Å². The highest BCUT2D eigenvalue weighted by Gasteiger charge is 2.15. The zero-order valence-corrected chi connectivity index (χ0v) is 13.7. The van der Waals surface area contributed by atoms with Gasteiger partial charge in [-0.25, -0.2) is 9.59 Å². The predicted octanol–water partition coefficient (Wildman–Crippen LogP) is 1.55. The molecule has 0 aliphatic rings. The number of carbonyl (C=O) groups is 3. The van der Waals surface area contributed by atoms with Crippen LogP contribution in [0.2, 0.25) is 0 Å². The number of amides is 1. The maximum Gasteiger partial charge on any atom is 0.338 e. The number of hydrogen-bond donors (Lipinski definition) is 1. The second kappa shape index (κ2) is 8.53. The molecule has 0 fully saturated rings. The summed E-state index contributed by atoms with van der Waals surface area (Å²) in [6, 6.07) is 7.51. The van der Waals surface area contributed by atoms with Gasteiger partial charge in [-0.2, -0.15) is 0 Å². The predicted molar refractivity (Wildman–Crippen MR) is 85.2 cm³/mol. The lowest BCUT2D eigenvalue weighted by Crippen LogP contribution is -2.28. The van der Waals surface area contributed by atoms with E-state index in [0.29, 0.717) is 5.76 Å². The Hall–Kier alpha value is -3.29. The average Bonchev–Trinajstić information content (AvgIpc) is 3.16. The summed E-state index contributed by atoms with van der Waals surface area (Å²) in [4.78, 5) is 35.2. The fraction of sp³-hybridized carbons (Fsp3) is 0.235. The van der Waals surface area contributed by atoms with Crippen LogP contribution < -0.4 is 10.1 Å². The summed E-state index contributed by atoms with van der Waals surface area (Å²) in [7, 11) is 2.44. The maximum atomic E-state index is 11.8. The number of methoxy groups -OCH3 is 2. The minimum atomic E-state index is -0.641. The second-order valence-corrected chi connectivity index (χ2v) is 4.87. The van der Waals surface area contributed by atoms with E-state index in [0.717, 1.165) is 0 Å². The van der Waals surface area contributed by atoms with Crippen molar-refractivity contribution in [2.24, 2.45) is 0 Å². The van der Waals surface area contributed by atoms with Gasteiger partial charge in [-0.1, -0.05) is 0 Å². The van der Waals surface area contributed by atoms with Crippen LogP contribution in [0.25, 0.3) is 0 Å². The summed E-state index contributed by atoms with van der Waals surface area (Å²) < 4.78 is 19.7. The Kier molecular flexibility index (Phi) is 6.16. The van der Waals surface area contributed by atoms with Gasteiger partial charge in [-0.3, -0.25) is 4.79 Å². The second-order valence-electron chi connectivity index (χ2n) is 4.87. The molecule has 0 aliphatic heterocycles.